The van der Waals surface area contributed by atoms with Crippen molar-refractivity contribution in [2.24, 2.45) is 16.7 Å². The predicted molar refractivity (Wildman–Crippen MR) is 85.4 cm³/mol. The highest BCUT2D eigenvalue weighted by molar-refractivity contribution is 7.16. The van der Waals surface area contributed by atoms with E-state index in [1.807, 2.05) is 23.3 Å². The maximum Gasteiger partial charge on any atom is 0.231 e. The average Bonchev–Trinajstić information content (AvgIpc) is 2.73. The number of nitrogens with zero attached hydrogens (tertiary/aromatic N) is 1. The van der Waals surface area contributed by atoms with Crippen LogP contribution in [0.2, 0.25) is 0 Å². The van der Waals surface area contributed by atoms with Crippen LogP contribution in [0.25, 0.3) is 0 Å². The number of aryl methyl sites for hydroxylation is 2. The minimum Gasteiger partial charge on any atom is -0.307 e. The van der Waals surface area contributed by atoms with Gasteiger partial charge in [-0.05, 0) is 48.1 Å². The summed E-state index contributed by atoms with van der Waals surface area (Å²) in [7, 11) is 1.95. The highest BCUT2D eigenvalue weighted by Gasteiger charge is 2.68. The summed E-state index contributed by atoms with van der Waals surface area (Å²) in [5.74, 6) is 0.442. The minimum atomic E-state index is 0.120. The van der Waals surface area contributed by atoms with Gasteiger partial charge >= 0.3 is 0 Å². The molecule has 0 unspecified atom stereocenters. The second-order valence-corrected chi connectivity index (χ2v) is 8.63. The van der Waals surface area contributed by atoms with E-state index >= 15 is 0 Å². The molecule has 2 nitrogen and oxygen atoms in total. The smallest absolute Gasteiger partial charge is 0.231 e. The van der Waals surface area contributed by atoms with Crippen LogP contribution in [-0.4, -0.2) is 13.0 Å². The van der Waals surface area contributed by atoms with Gasteiger partial charge in [-0.2, -0.15) is 0 Å². The second-order valence-electron chi connectivity index (χ2n) is 7.51. The fraction of sp³-hybridized carbons (Fsp3) is 0.706. The first kappa shape index (κ1) is 14.1. The number of carbonyl (C=O) groups excluding carboxylic acids is 1. The molecule has 0 spiro atoms. The normalized spacial score (nSPS) is 23.2. The van der Waals surface area contributed by atoms with E-state index in [1.54, 1.807) is 0 Å². The molecule has 110 valence electrons. The summed E-state index contributed by atoms with van der Waals surface area (Å²) in [4.78, 5) is 16.2. The Morgan fingerprint density at radius 2 is 1.80 bits per heavy atom. The summed E-state index contributed by atoms with van der Waals surface area (Å²) >= 11 is 1.82. The van der Waals surface area contributed by atoms with Crippen LogP contribution in [0.5, 0.6) is 0 Å². The third-order valence-electron chi connectivity index (χ3n) is 5.91. The van der Waals surface area contributed by atoms with Crippen LogP contribution >= 0.6 is 11.3 Å². The van der Waals surface area contributed by atoms with E-state index in [9.17, 15) is 4.79 Å². The van der Waals surface area contributed by atoms with Crippen LogP contribution in [0.1, 0.15) is 51.0 Å². The van der Waals surface area contributed by atoms with Crippen molar-refractivity contribution in [3.63, 3.8) is 0 Å². The van der Waals surface area contributed by atoms with Crippen molar-refractivity contribution < 1.29 is 4.79 Å². The fourth-order valence-corrected chi connectivity index (χ4v) is 4.98. The third-order valence-corrected chi connectivity index (χ3v) is 7.23. The first-order valence-corrected chi connectivity index (χ1v) is 8.47. The van der Waals surface area contributed by atoms with Crippen LogP contribution in [-0.2, 0) is 17.6 Å². The quantitative estimate of drug-likeness (QED) is 0.796. The zero-order chi connectivity index (χ0) is 14.7. The number of carbonyl (C=O) groups is 1. The molecule has 1 aromatic heterocycles. The molecule has 0 N–H and O–H groups in total. The number of anilines is 1. The van der Waals surface area contributed by atoms with E-state index in [2.05, 4.69) is 33.8 Å². The van der Waals surface area contributed by atoms with Gasteiger partial charge in [0.1, 0.15) is 0 Å². The lowest BCUT2D eigenvalue weighted by molar-refractivity contribution is -0.120. The van der Waals surface area contributed by atoms with E-state index < -0.39 is 0 Å². The van der Waals surface area contributed by atoms with Crippen LogP contribution in [0.4, 0.5) is 5.00 Å². The Morgan fingerprint density at radius 3 is 2.35 bits per heavy atom. The maximum absolute atomic E-state index is 12.8. The first-order chi connectivity index (χ1) is 9.26. The molecule has 2 aliphatic rings. The highest BCUT2D eigenvalue weighted by atomic mass is 32.1. The van der Waals surface area contributed by atoms with E-state index in [-0.39, 0.29) is 16.7 Å². The lowest BCUT2D eigenvalue weighted by atomic mass is 9.99. The Hall–Kier alpha value is -0.830. The Morgan fingerprint density at radius 1 is 1.20 bits per heavy atom. The van der Waals surface area contributed by atoms with Gasteiger partial charge in [-0.3, -0.25) is 4.79 Å². The van der Waals surface area contributed by atoms with Gasteiger partial charge in [-0.25, -0.2) is 0 Å². The van der Waals surface area contributed by atoms with E-state index in [0.29, 0.717) is 5.91 Å². The minimum absolute atomic E-state index is 0.120. The number of rotatable bonds is 2. The van der Waals surface area contributed by atoms with E-state index in [4.69, 9.17) is 0 Å². The predicted octanol–water partition coefficient (Wildman–Crippen LogP) is 4.27. The summed E-state index contributed by atoms with van der Waals surface area (Å²) in [5, 5.41) is 1.14. The van der Waals surface area contributed by atoms with Gasteiger partial charge in [0.05, 0.1) is 5.00 Å². The largest absolute Gasteiger partial charge is 0.307 e. The number of amides is 1. The molecule has 1 fully saturated rings. The summed E-state index contributed by atoms with van der Waals surface area (Å²) in [6.07, 6.45) is 4.98. The summed E-state index contributed by atoms with van der Waals surface area (Å²) < 4.78 is 0. The van der Waals surface area contributed by atoms with Crippen LogP contribution < -0.4 is 4.90 Å². The fourth-order valence-electron chi connectivity index (χ4n) is 3.76. The zero-order valence-electron chi connectivity index (χ0n) is 13.2. The molecule has 3 heteroatoms. The van der Waals surface area contributed by atoms with Crippen molar-refractivity contribution in [1.82, 2.24) is 0 Å². The third kappa shape index (κ3) is 1.86. The molecule has 0 radical (unpaired) electrons. The van der Waals surface area contributed by atoms with Crippen molar-refractivity contribution >= 4 is 22.2 Å². The van der Waals surface area contributed by atoms with Gasteiger partial charge < -0.3 is 4.90 Å². The summed E-state index contributed by atoms with van der Waals surface area (Å²) in [6.45, 7) is 8.84. The van der Waals surface area contributed by atoms with Crippen LogP contribution in [0.3, 0.4) is 0 Å². The van der Waals surface area contributed by atoms with Gasteiger partial charge in [-0.15, -0.1) is 11.3 Å². The molecule has 0 saturated heterocycles. The van der Waals surface area contributed by atoms with Gasteiger partial charge in [0.25, 0.3) is 0 Å². The van der Waals surface area contributed by atoms with Crippen molar-refractivity contribution in [2.45, 2.75) is 53.4 Å². The lowest BCUT2D eigenvalue weighted by Gasteiger charge is -2.16. The second kappa shape index (κ2) is 4.33. The molecule has 0 aliphatic heterocycles. The van der Waals surface area contributed by atoms with Crippen molar-refractivity contribution in [1.29, 1.82) is 0 Å². The number of fused-ring (bicyclic) bond motifs is 1. The average molecular weight is 291 g/mol. The molecule has 1 saturated carbocycles. The molecular weight excluding hydrogens is 266 g/mol. The molecule has 1 aromatic rings. The van der Waals surface area contributed by atoms with Crippen molar-refractivity contribution in [3.8, 4) is 0 Å². The molecule has 20 heavy (non-hydrogen) atoms. The number of hydrogen-bond acceptors (Lipinski definition) is 2. The molecular formula is C17H25NOS. The van der Waals surface area contributed by atoms with Crippen LogP contribution in [0, 0.1) is 16.7 Å². The molecule has 1 amide bonds. The summed E-state index contributed by atoms with van der Waals surface area (Å²) in [5.41, 5.74) is 1.72. The van der Waals surface area contributed by atoms with Gasteiger partial charge in [-0.1, -0.05) is 27.7 Å². The monoisotopic (exact) mass is 291 g/mol. The SMILES string of the molecule is CN(C(=O)C1C(C)(C)C1(C)C)c1cc2c(s1)CCCC2. The standard InChI is InChI=1S/C17H25NOS/c1-16(2)14(17(16,3)4)15(19)18(5)13-10-11-8-6-7-9-12(11)20-13/h10,14H,6-9H2,1-5H3. The Labute approximate surface area is 126 Å². The van der Waals surface area contributed by atoms with Crippen molar-refractivity contribution in [2.75, 3.05) is 11.9 Å². The Balaban J connectivity index is 1.81. The van der Waals surface area contributed by atoms with Crippen molar-refractivity contribution in [3.05, 3.63) is 16.5 Å². The highest BCUT2D eigenvalue weighted by Crippen LogP contribution is 2.68. The van der Waals surface area contributed by atoms with Gasteiger partial charge in [0.2, 0.25) is 5.91 Å². The molecule has 2 aliphatic carbocycles. The topological polar surface area (TPSA) is 20.3 Å². The lowest BCUT2D eigenvalue weighted by Crippen LogP contribution is -2.29. The van der Waals surface area contributed by atoms with E-state index in [0.717, 1.165) is 5.00 Å². The Bertz CT molecular complexity index is 518. The summed E-state index contributed by atoms with van der Waals surface area (Å²) in [6, 6.07) is 2.25. The van der Waals surface area contributed by atoms with Gasteiger partial charge in [0.15, 0.2) is 0 Å². The molecule has 0 bridgehead atoms. The molecule has 3 rings (SSSR count). The zero-order valence-corrected chi connectivity index (χ0v) is 14.1. The van der Waals surface area contributed by atoms with Crippen LogP contribution in [0.15, 0.2) is 6.07 Å². The molecule has 0 atom stereocenters. The molecule has 0 aromatic carbocycles. The van der Waals surface area contributed by atoms with Gasteiger partial charge in [0, 0.05) is 17.8 Å². The van der Waals surface area contributed by atoms with E-state index in [1.165, 1.54) is 36.1 Å². The number of thiophene rings is 1. The molecule has 1 heterocycles. The first-order valence-electron chi connectivity index (χ1n) is 7.66. The number of hydrogen-bond donors (Lipinski definition) is 0. The Kier molecular flexibility index (Phi) is 3.06. The maximum atomic E-state index is 12.8.